The number of carbonyl (C=O) groups is 2. The van der Waals surface area contributed by atoms with Crippen LogP contribution in [0, 0.1) is 5.82 Å². The van der Waals surface area contributed by atoms with Crippen molar-refractivity contribution in [2.45, 2.75) is 19.5 Å². The summed E-state index contributed by atoms with van der Waals surface area (Å²) in [6.07, 6.45) is -4.01. The van der Waals surface area contributed by atoms with Gasteiger partial charge in [-0.3, -0.25) is 9.59 Å². The minimum absolute atomic E-state index is 0.204. The molecule has 144 valence electrons. The molecule has 27 heavy (non-hydrogen) atoms. The van der Waals surface area contributed by atoms with Gasteiger partial charge in [-0.1, -0.05) is 12.1 Å². The number of nitrogens with one attached hydrogen (secondary N) is 1. The van der Waals surface area contributed by atoms with Crippen LogP contribution in [0.5, 0.6) is 0 Å². The van der Waals surface area contributed by atoms with Gasteiger partial charge in [0.1, 0.15) is 5.82 Å². The van der Waals surface area contributed by atoms with Crippen LogP contribution < -0.4 is 5.32 Å². The van der Waals surface area contributed by atoms with Gasteiger partial charge in [-0.25, -0.2) is 4.39 Å². The van der Waals surface area contributed by atoms with Crippen molar-refractivity contribution in [2.24, 2.45) is 0 Å². The number of benzene rings is 2. The number of nitrogens with zero attached hydrogens (tertiary/aromatic N) is 1. The summed E-state index contributed by atoms with van der Waals surface area (Å²) in [4.78, 5) is 25.1. The predicted octanol–water partition coefficient (Wildman–Crippen LogP) is 3.87. The molecule has 2 rings (SSSR count). The summed E-state index contributed by atoms with van der Waals surface area (Å²) in [6.45, 7) is 1.33. The fraction of sp³-hybridized carbons (Fsp3) is 0.263. The van der Waals surface area contributed by atoms with Crippen LogP contribution >= 0.6 is 0 Å². The summed E-state index contributed by atoms with van der Waals surface area (Å²) in [7, 11) is 0. The van der Waals surface area contributed by atoms with Gasteiger partial charge < -0.3 is 10.2 Å². The first-order chi connectivity index (χ1) is 12.6. The van der Waals surface area contributed by atoms with Crippen LogP contribution in [0.1, 0.15) is 18.1 Å². The predicted molar refractivity (Wildman–Crippen MR) is 92.4 cm³/mol. The van der Waals surface area contributed by atoms with Crippen molar-refractivity contribution in [3.05, 3.63) is 65.5 Å². The molecule has 0 saturated heterocycles. The Morgan fingerprint density at radius 1 is 1.00 bits per heavy atom. The maximum absolute atomic E-state index is 12.9. The van der Waals surface area contributed by atoms with Crippen molar-refractivity contribution in [2.75, 3.05) is 18.4 Å². The number of anilines is 1. The molecular formula is C19H18F4N2O2. The van der Waals surface area contributed by atoms with Crippen LogP contribution in [0.3, 0.4) is 0 Å². The van der Waals surface area contributed by atoms with Crippen molar-refractivity contribution >= 4 is 17.5 Å². The van der Waals surface area contributed by atoms with Crippen LogP contribution in [-0.4, -0.2) is 29.8 Å². The Hall–Kier alpha value is -2.90. The average Bonchev–Trinajstić information content (AvgIpc) is 2.59. The first-order valence-electron chi connectivity index (χ1n) is 8.12. The molecule has 0 saturated carbocycles. The number of hydrogen-bond donors (Lipinski definition) is 1. The third kappa shape index (κ3) is 6.40. The zero-order valence-electron chi connectivity index (χ0n) is 14.5. The summed E-state index contributed by atoms with van der Waals surface area (Å²) in [5.41, 5.74) is 0.200. The first-order valence-corrected chi connectivity index (χ1v) is 8.12. The number of halogens is 4. The molecule has 0 aliphatic carbocycles. The second-order valence-electron chi connectivity index (χ2n) is 5.94. The summed E-state index contributed by atoms with van der Waals surface area (Å²) in [6, 6.07) is 9.84. The number of hydrogen-bond acceptors (Lipinski definition) is 2. The van der Waals surface area contributed by atoms with Crippen molar-refractivity contribution < 1.29 is 27.2 Å². The molecule has 0 heterocycles. The van der Waals surface area contributed by atoms with Gasteiger partial charge in [-0.05, 0) is 48.4 Å². The lowest BCUT2D eigenvalue weighted by molar-refractivity contribution is -0.137. The van der Waals surface area contributed by atoms with E-state index >= 15 is 0 Å². The first kappa shape index (κ1) is 20.4. The van der Waals surface area contributed by atoms with Gasteiger partial charge >= 0.3 is 6.18 Å². The topological polar surface area (TPSA) is 49.4 Å². The Morgan fingerprint density at radius 2 is 1.59 bits per heavy atom. The van der Waals surface area contributed by atoms with E-state index in [9.17, 15) is 27.2 Å². The van der Waals surface area contributed by atoms with E-state index in [1.807, 2.05) is 0 Å². The van der Waals surface area contributed by atoms with Gasteiger partial charge in [0, 0.05) is 19.2 Å². The third-order valence-corrected chi connectivity index (χ3v) is 3.86. The monoisotopic (exact) mass is 382 g/mol. The maximum atomic E-state index is 12.9. The number of alkyl halides is 3. The molecule has 2 aromatic rings. The highest BCUT2D eigenvalue weighted by atomic mass is 19.4. The molecule has 0 radical (unpaired) electrons. The third-order valence-electron chi connectivity index (χ3n) is 3.86. The SMILES string of the molecule is CC(=O)N(CCc1ccc(F)cc1)CC(=O)Nc1ccc(C(F)(F)F)cc1. The molecule has 0 atom stereocenters. The zero-order chi connectivity index (χ0) is 20.0. The van der Waals surface area contributed by atoms with E-state index < -0.39 is 17.6 Å². The van der Waals surface area contributed by atoms with E-state index in [0.29, 0.717) is 6.42 Å². The highest BCUT2D eigenvalue weighted by Crippen LogP contribution is 2.29. The van der Waals surface area contributed by atoms with Crippen molar-refractivity contribution in [1.82, 2.24) is 4.90 Å². The molecule has 0 aliphatic heterocycles. The van der Waals surface area contributed by atoms with Crippen molar-refractivity contribution in [1.29, 1.82) is 0 Å². The van der Waals surface area contributed by atoms with Gasteiger partial charge in [0.25, 0.3) is 0 Å². The van der Waals surface area contributed by atoms with Gasteiger partial charge in [-0.15, -0.1) is 0 Å². The largest absolute Gasteiger partial charge is 0.416 e. The average molecular weight is 382 g/mol. The van der Waals surface area contributed by atoms with Crippen LogP contribution in [0.15, 0.2) is 48.5 Å². The van der Waals surface area contributed by atoms with Crippen LogP contribution in [0.2, 0.25) is 0 Å². The summed E-state index contributed by atoms with van der Waals surface area (Å²) in [5, 5.41) is 2.46. The Bertz CT molecular complexity index is 787. The van der Waals surface area contributed by atoms with Crippen LogP contribution in [-0.2, 0) is 22.2 Å². The van der Waals surface area contributed by atoms with Gasteiger partial charge in [0.2, 0.25) is 11.8 Å². The zero-order valence-corrected chi connectivity index (χ0v) is 14.5. The van der Waals surface area contributed by atoms with E-state index in [0.717, 1.165) is 29.8 Å². The summed E-state index contributed by atoms with van der Waals surface area (Å²) in [5.74, 6) is -1.21. The van der Waals surface area contributed by atoms with Crippen LogP contribution in [0.25, 0.3) is 0 Å². The molecule has 0 spiro atoms. The molecule has 0 bridgehead atoms. The molecule has 8 heteroatoms. The second-order valence-corrected chi connectivity index (χ2v) is 5.94. The molecule has 0 aliphatic rings. The van der Waals surface area contributed by atoms with E-state index in [2.05, 4.69) is 5.32 Å². The minimum atomic E-state index is -4.45. The lowest BCUT2D eigenvalue weighted by Gasteiger charge is -2.20. The van der Waals surface area contributed by atoms with Gasteiger partial charge in [0.05, 0.1) is 12.1 Å². The maximum Gasteiger partial charge on any atom is 0.416 e. The normalized spacial score (nSPS) is 11.1. The lowest BCUT2D eigenvalue weighted by Crippen LogP contribution is -2.38. The number of rotatable bonds is 6. The molecule has 4 nitrogen and oxygen atoms in total. The molecule has 0 unspecified atom stereocenters. The van der Waals surface area contributed by atoms with E-state index in [-0.39, 0.29) is 30.5 Å². The molecule has 2 aromatic carbocycles. The second kappa shape index (κ2) is 8.66. The van der Waals surface area contributed by atoms with Gasteiger partial charge in [0.15, 0.2) is 0 Å². The quantitative estimate of drug-likeness (QED) is 0.771. The molecule has 1 N–H and O–H groups in total. The Balaban J connectivity index is 1.92. The van der Waals surface area contributed by atoms with E-state index in [4.69, 9.17) is 0 Å². The Morgan fingerprint density at radius 3 is 2.11 bits per heavy atom. The highest BCUT2D eigenvalue weighted by molar-refractivity contribution is 5.94. The van der Waals surface area contributed by atoms with Crippen LogP contribution in [0.4, 0.5) is 23.2 Å². The number of amides is 2. The lowest BCUT2D eigenvalue weighted by atomic mass is 10.1. The Kier molecular flexibility index (Phi) is 6.55. The minimum Gasteiger partial charge on any atom is -0.333 e. The highest BCUT2D eigenvalue weighted by Gasteiger charge is 2.30. The molecular weight excluding hydrogens is 364 g/mol. The fourth-order valence-corrected chi connectivity index (χ4v) is 2.38. The fourth-order valence-electron chi connectivity index (χ4n) is 2.38. The summed E-state index contributed by atoms with van der Waals surface area (Å²) >= 11 is 0. The van der Waals surface area contributed by atoms with E-state index in [1.165, 1.54) is 24.0 Å². The Labute approximate surface area is 153 Å². The van der Waals surface area contributed by atoms with Crippen molar-refractivity contribution in [3.63, 3.8) is 0 Å². The molecule has 0 fully saturated rings. The standard InChI is InChI=1S/C19H18F4N2O2/c1-13(26)25(11-10-14-2-6-16(20)7-3-14)12-18(27)24-17-8-4-15(5-9-17)19(21,22)23/h2-9H,10-12H2,1H3,(H,24,27). The van der Waals surface area contributed by atoms with Gasteiger partial charge in [-0.2, -0.15) is 13.2 Å². The van der Waals surface area contributed by atoms with E-state index in [1.54, 1.807) is 12.1 Å². The summed E-state index contributed by atoms with van der Waals surface area (Å²) < 4.78 is 50.5. The smallest absolute Gasteiger partial charge is 0.333 e. The molecule has 0 aromatic heterocycles. The number of carbonyl (C=O) groups excluding carboxylic acids is 2. The van der Waals surface area contributed by atoms with Crippen molar-refractivity contribution in [3.8, 4) is 0 Å². The molecule has 2 amide bonds.